The molecule has 0 aliphatic heterocycles. The van der Waals surface area contributed by atoms with Gasteiger partial charge < -0.3 is 20.7 Å². The Morgan fingerprint density at radius 3 is 2.52 bits per heavy atom. The van der Waals surface area contributed by atoms with Crippen molar-refractivity contribution in [2.75, 3.05) is 0 Å². The molecule has 7 nitrogen and oxygen atoms in total. The van der Waals surface area contributed by atoms with Gasteiger partial charge in [-0.3, -0.25) is 14.6 Å². The number of hydrogen-bond donors (Lipinski definition) is 4. The third kappa shape index (κ3) is 7.49. The minimum absolute atomic E-state index is 0.0896. The van der Waals surface area contributed by atoms with Crippen LogP contribution in [0.5, 0.6) is 0 Å². The number of hydrogen-bond acceptors (Lipinski definition) is 5. The average Bonchev–Trinajstić information content (AvgIpc) is 2.67. The van der Waals surface area contributed by atoms with E-state index in [2.05, 4.69) is 15.6 Å². The summed E-state index contributed by atoms with van der Waals surface area (Å²) in [6.45, 7) is 3.84. The van der Waals surface area contributed by atoms with Gasteiger partial charge in [0.15, 0.2) is 0 Å². The van der Waals surface area contributed by atoms with E-state index in [-0.39, 0.29) is 18.2 Å². The van der Waals surface area contributed by atoms with Crippen LogP contribution in [0.1, 0.15) is 48.7 Å². The van der Waals surface area contributed by atoms with Crippen molar-refractivity contribution in [1.82, 2.24) is 15.6 Å². The second-order valence-electron chi connectivity index (χ2n) is 7.24. The normalized spacial score (nSPS) is 12.9. The Balaban J connectivity index is 2.16. The van der Waals surface area contributed by atoms with Crippen molar-refractivity contribution in [1.29, 1.82) is 0 Å². The van der Waals surface area contributed by atoms with Gasteiger partial charge in [0, 0.05) is 17.4 Å². The van der Waals surface area contributed by atoms with E-state index in [4.69, 9.17) is 11.6 Å². The lowest BCUT2D eigenvalue weighted by molar-refractivity contribution is -0.122. The smallest absolute Gasteiger partial charge is 0.426 e. The summed E-state index contributed by atoms with van der Waals surface area (Å²) in [5.41, 5.74) is 1.03. The molecule has 0 radical (unpaired) electrons. The molecule has 2 atom stereocenters. The summed E-state index contributed by atoms with van der Waals surface area (Å²) in [5.74, 6) is -1.43. The largest absolute Gasteiger partial charge is 0.475 e. The minimum Gasteiger partial charge on any atom is -0.426 e. The van der Waals surface area contributed by atoms with Gasteiger partial charge in [0.2, 0.25) is 5.91 Å². The molecule has 2 amide bonds. The van der Waals surface area contributed by atoms with Crippen molar-refractivity contribution in [3.63, 3.8) is 0 Å². The maximum absolute atomic E-state index is 12.6. The highest BCUT2D eigenvalue weighted by molar-refractivity contribution is 6.43. The maximum atomic E-state index is 12.6. The van der Waals surface area contributed by atoms with Crippen LogP contribution < -0.4 is 10.6 Å². The summed E-state index contributed by atoms with van der Waals surface area (Å²) in [6, 6.07) is 9.49. The van der Waals surface area contributed by atoms with Gasteiger partial charge in [0.1, 0.15) is 0 Å². The van der Waals surface area contributed by atoms with Crippen LogP contribution in [0.4, 0.5) is 0 Å². The number of nitrogens with one attached hydrogen (secondary N) is 2. The van der Waals surface area contributed by atoms with Crippen molar-refractivity contribution in [2.45, 2.75) is 38.7 Å². The fraction of sp³-hybridized carbons (Fsp3) is 0.350. The number of carbonyl (C=O) groups is 2. The number of benzene rings is 1. The Morgan fingerprint density at radius 1 is 1.17 bits per heavy atom. The number of nitrogens with zero attached hydrogens (tertiary/aromatic N) is 1. The first-order valence-corrected chi connectivity index (χ1v) is 9.76. The van der Waals surface area contributed by atoms with Gasteiger partial charge in [-0.1, -0.05) is 37.6 Å². The van der Waals surface area contributed by atoms with E-state index < -0.39 is 25.0 Å². The van der Waals surface area contributed by atoms with E-state index in [9.17, 15) is 19.6 Å². The predicted octanol–water partition coefficient (Wildman–Crippen LogP) is 2.14. The van der Waals surface area contributed by atoms with Crippen molar-refractivity contribution < 1.29 is 19.6 Å². The molecule has 0 saturated heterocycles. The highest BCUT2D eigenvalue weighted by Gasteiger charge is 2.28. The number of pyridine rings is 1. The zero-order valence-corrected chi connectivity index (χ0v) is 17.1. The fourth-order valence-electron chi connectivity index (χ4n) is 2.93. The molecular weight excluding hydrogens is 393 g/mol. The molecule has 4 N–H and O–H groups in total. The highest BCUT2D eigenvalue weighted by Crippen LogP contribution is 2.21. The summed E-state index contributed by atoms with van der Waals surface area (Å²) in [6.07, 6.45) is 3.32. The van der Waals surface area contributed by atoms with E-state index in [0.717, 1.165) is 0 Å². The van der Waals surface area contributed by atoms with Crippen molar-refractivity contribution in [3.8, 4) is 0 Å². The average molecular weight is 418 g/mol. The molecule has 29 heavy (non-hydrogen) atoms. The zero-order chi connectivity index (χ0) is 21.4. The molecule has 1 unspecified atom stereocenters. The van der Waals surface area contributed by atoms with E-state index in [1.54, 1.807) is 42.6 Å². The number of aromatic nitrogens is 1. The molecule has 0 fully saturated rings. The topological polar surface area (TPSA) is 112 Å². The quantitative estimate of drug-likeness (QED) is 0.467. The standard InChI is InChI=1S/C20H25BClN3O4/c1-13(2)9-18(21(28)29)25-19(26)11-17(14-5-3-7-16(22)10-14)24-20(27)15-6-4-8-23-12-15/h3-8,10,12-13,17-18,28-29H,9,11H2,1-2H3,(H,24,27)(H,25,26)/t17?,18-/m0/s1. The summed E-state index contributed by atoms with van der Waals surface area (Å²) in [7, 11) is -1.67. The van der Waals surface area contributed by atoms with Crippen LogP contribution in [-0.4, -0.2) is 39.9 Å². The van der Waals surface area contributed by atoms with Crippen LogP contribution in [0.15, 0.2) is 48.8 Å². The molecule has 1 aromatic carbocycles. The van der Waals surface area contributed by atoms with Gasteiger partial charge in [-0.05, 0) is 42.2 Å². The monoisotopic (exact) mass is 417 g/mol. The molecule has 0 spiro atoms. The minimum atomic E-state index is -1.67. The van der Waals surface area contributed by atoms with Gasteiger partial charge in [-0.2, -0.15) is 0 Å². The Kier molecular flexibility index (Phi) is 8.63. The molecule has 1 aromatic heterocycles. The summed E-state index contributed by atoms with van der Waals surface area (Å²) < 4.78 is 0. The lowest BCUT2D eigenvalue weighted by atomic mass is 9.75. The molecule has 0 saturated carbocycles. The van der Waals surface area contributed by atoms with Gasteiger partial charge in [-0.25, -0.2) is 0 Å². The van der Waals surface area contributed by atoms with Crippen molar-refractivity contribution >= 4 is 30.5 Å². The molecule has 2 rings (SSSR count). The molecular formula is C20H25BClN3O4. The first-order valence-electron chi connectivity index (χ1n) is 9.38. The SMILES string of the molecule is CC(C)C[C@H](NC(=O)CC(NC(=O)c1cccnc1)c1cccc(Cl)c1)B(O)O. The summed E-state index contributed by atoms with van der Waals surface area (Å²) >= 11 is 6.07. The van der Waals surface area contributed by atoms with Crippen molar-refractivity contribution in [3.05, 3.63) is 64.9 Å². The van der Waals surface area contributed by atoms with Crippen LogP contribution in [0.25, 0.3) is 0 Å². The number of amides is 2. The zero-order valence-electron chi connectivity index (χ0n) is 16.4. The van der Waals surface area contributed by atoms with Gasteiger partial charge in [0.25, 0.3) is 5.91 Å². The Bertz CT molecular complexity index is 820. The molecule has 9 heteroatoms. The second-order valence-corrected chi connectivity index (χ2v) is 7.68. The highest BCUT2D eigenvalue weighted by atomic mass is 35.5. The first kappa shape index (κ1) is 22.9. The summed E-state index contributed by atoms with van der Waals surface area (Å²) in [4.78, 5) is 29.1. The van der Waals surface area contributed by atoms with Gasteiger partial charge >= 0.3 is 7.12 Å². The second kappa shape index (κ2) is 10.9. The Hall–Kier alpha value is -2.42. The third-order valence-electron chi connectivity index (χ3n) is 4.30. The number of carbonyl (C=O) groups excluding carboxylic acids is 2. The van der Waals surface area contributed by atoms with Gasteiger partial charge in [-0.15, -0.1) is 0 Å². The Morgan fingerprint density at radius 2 is 1.93 bits per heavy atom. The van der Waals surface area contributed by atoms with Crippen LogP contribution in [-0.2, 0) is 4.79 Å². The summed E-state index contributed by atoms with van der Waals surface area (Å²) in [5, 5.41) is 25.0. The molecule has 0 bridgehead atoms. The number of rotatable bonds is 9. The third-order valence-corrected chi connectivity index (χ3v) is 4.54. The van der Waals surface area contributed by atoms with E-state index in [1.807, 2.05) is 13.8 Å². The lowest BCUT2D eigenvalue weighted by Crippen LogP contribution is -2.48. The first-order chi connectivity index (χ1) is 13.8. The predicted molar refractivity (Wildman–Crippen MR) is 112 cm³/mol. The number of halogens is 1. The molecule has 0 aliphatic carbocycles. The molecule has 1 heterocycles. The maximum Gasteiger partial charge on any atom is 0.475 e. The lowest BCUT2D eigenvalue weighted by Gasteiger charge is -2.23. The van der Waals surface area contributed by atoms with E-state index >= 15 is 0 Å². The van der Waals surface area contributed by atoms with Gasteiger partial charge in [0.05, 0.1) is 24.0 Å². The van der Waals surface area contributed by atoms with Crippen LogP contribution in [0.2, 0.25) is 5.02 Å². The van der Waals surface area contributed by atoms with Crippen molar-refractivity contribution in [2.24, 2.45) is 5.92 Å². The van der Waals surface area contributed by atoms with E-state index in [1.165, 1.54) is 6.20 Å². The van der Waals surface area contributed by atoms with Crippen LogP contribution in [0.3, 0.4) is 0 Å². The van der Waals surface area contributed by atoms with Crippen LogP contribution >= 0.6 is 11.6 Å². The Labute approximate surface area is 175 Å². The molecule has 2 aromatic rings. The fourth-order valence-corrected chi connectivity index (χ4v) is 3.13. The molecule has 154 valence electrons. The molecule has 0 aliphatic rings. The van der Waals surface area contributed by atoms with Crippen LogP contribution in [0, 0.1) is 5.92 Å². The van der Waals surface area contributed by atoms with E-state index in [0.29, 0.717) is 22.6 Å².